The van der Waals surface area contributed by atoms with Gasteiger partial charge in [0.25, 0.3) is 0 Å². The Bertz CT molecular complexity index is 904. The van der Waals surface area contributed by atoms with Gasteiger partial charge in [0.05, 0.1) is 0 Å². The van der Waals surface area contributed by atoms with Crippen molar-refractivity contribution in [1.82, 2.24) is 0 Å². The Morgan fingerprint density at radius 2 is 0.861 bits per heavy atom. The molecule has 0 aromatic heterocycles. The second-order valence-corrected chi connectivity index (χ2v) is 19.9. The number of hydrogen-bond acceptors (Lipinski definition) is 0. The maximum atomic E-state index is 4.53. The molecule has 0 aliphatic carbocycles. The number of unbranched alkanes of at least 4 members (excludes halogenated alkanes) is 10. The van der Waals surface area contributed by atoms with E-state index in [2.05, 4.69) is 141 Å². The first-order valence-corrected chi connectivity index (χ1v) is 19.8. The van der Waals surface area contributed by atoms with Crippen molar-refractivity contribution in [1.29, 1.82) is 0 Å². The van der Waals surface area contributed by atoms with Gasteiger partial charge in [0.15, 0.2) is 0 Å². The quantitative estimate of drug-likeness (QED) is 0.0439. The van der Waals surface area contributed by atoms with Crippen LogP contribution in [-0.4, -0.2) is 10.6 Å². The molecule has 0 radical (unpaired) electrons. The van der Waals surface area contributed by atoms with E-state index in [9.17, 15) is 0 Å². The van der Waals surface area contributed by atoms with E-state index in [1.54, 1.807) is 0 Å². The van der Waals surface area contributed by atoms with Gasteiger partial charge >= 0.3 is 204 Å². The zero-order valence-corrected chi connectivity index (χ0v) is 26.3. The Morgan fingerprint density at radius 3 is 1.25 bits per heavy atom. The number of benzene rings is 3. The van der Waals surface area contributed by atoms with Crippen molar-refractivity contribution in [3.05, 3.63) is 103 Å². The van der Waals surface area contributed by atoms with Gasteiger partial charge in [0.1, 0.15) is 0 Å². The van der Waals surface area contributed by atoms with Gasteiger partial charge in [0, 0.05) is 0 Å². The van der Waals surface area contributed by atoms with E-state index in [1.165, 1.54) is 91.0 Å². The summed E-state index contributed by atoms with van der Waals surface area (Å²) >= 11 is 7.02. The molecule has 0 heterocycles. The van der Waals surface area contributed by atoms with Crippen molar-refractivity contribution < 1.29 is 0 Å². The molecular weight excluding hydrogens is 634 g/mol. The molecule has 3 aromatic rings. The molecule has 0 N–H and O–H groups in total. The average molecular weight is 677 g/mol. The third-order valence-corrected chi connectivity index (χ3v) is 17.6. The van der Waals surface area contributed by atoms with Crippen LogP contribution >= 0.6 is 43.4 Å². The van der Waals surface area contributed by atoms with E-state index in [4.69, 9.17) is 0 Å². The van der Waals surface area contributed by atoms with Crippen molar-refractivity contribution in [3.63, 3.8) is 0 Å². The van der Waals surface area contributed by atoms with Gasteiger partial charge in [-0.25, -0.2) is 0 Å². The van der Waals surface area contributed by atoms with Crippen molar-refractivity contribution in [2.45, 2.75) is 70.6 Å². The fourth-order valence-electron chi connectivity index (χ4n) is 5.14. The molecule has 0 saturated heterocycles. The molecular formula is C33H43BrIP. The molecule has 0 amide bonds. The summed E-state index contributed by atoms with van der Waals surface area (Å²) in [5.74, 6) is 0. The second-order valence-electron chi connectivity index (χ2n) is 9.86. The monoisotopic (exact) mass is 676 g/mol. The molecule has 194 valence electrons. The summed E-state index contributed by atoms with van der Waals surface area (Å²) < 4.78 is 1.32. The summed E-state index contributed by atoms with van der Waals surface area (Å²) in [7, 11) is 0. The third-order valence-electron chi connectivity index (χ3n) is 7.25. The van der Waals surface area contributed by atoms with Crippen LogP contribution in [0.2, 0.25) is 0 Å². The molecule has 0 bridgehead atoms. The molecule has 0 spiro atoms. The van der Waals surface area contributed by atoms with Crippen LogP contribution in [-0.2, 0) is 0 Å². The van der Waals surface area contributed by atoms with Gasteiger partial charge in [-0.2, -0.15) is 0 Å². The summed E-state index contributed by atoms with van der Waals surface area (Å²) in [4.78, 5) is 0. The van der Waals surface area contributed by atoms with E-state index < -0.39 is 5.31 Å². The molecule has 0 aliphatic rings. The Balaban J connectivity index is 1.61. The number of halogens is 2. The minimum atomic E-state index is -2.82. The SMILES string of the molecule is BrP(CC=CCCCCCCCCCCCCI)(c1ccccc1)(c1ccccc1)c1ccccc1. The summed E-state index contributed by atoms with van der Waals surface area (Å²) in [5.41, 5.74) is 0. The molecule has 0 aliphatic heterocycles. The van der Waals surface area contributed by atoms with E-state index >= 15 is 0 Å². The Hall–Kier alpha value is -0.960. The first kappa shape index (κ1) is 29.6. The predicted molar refractivity (Wildman–Crippen MR) is 178 cm³/mol. The zero-order chi connectivity index (χ0) is 25.4. The molecule has 36 heavy (non-hydrogen) atoms. The van der Waals surface area contributed by atoms with Crippen molar-refractivity contribution in [2.24, 2.45) is 0 Å². The van der Waals surface area contributed by atoms with Crippen LogP contribution in [0.1, 0.15) is 70.6 Å². The fourth-order valence-corrected chi connectivity index (χ4v) is 12.8. The van der Waals surface area contributed by atoms with E-state index in [1.807, 2.05) is 0 Å². The zero-order valence-electron chi connectivity index (χ0n) is 21.7. The Labute approximate surface area is 242 Å². The minimum absolute atomic E-state index is 0.987. The summed E-state index contributed by atoms with van der Waals surface area (Å²) in [6, 6.07) is 33.3. The van der Waals surface area contributed by atoms with Crippen LogP contribution in [0.5, 0.6) is 0 Å². The fraction of sp³-hybridized carbons (Fsp3) is 0.394. The van der Waals surface area contributed by atoms with Gasteiger partial charge in [0.2, 0.25) is 0 Å². The third kappa shape index (κ3) is 8.02. The molecule has 0 nitrogen and oxygen atoms in total. The summed E-state index contributed by atoms with van der Waals surface area (Å²) in [6.45, 7) is 0. The number of hydrogen-bond donors (Lipinski definition) is 0. The van der Waals surface area contributed by atoms with Crippen molar-refractivity contribution in [2.75, 3.05) is 10.6 Å². The van der Waals surface area contributed by atoms with E-state index in [0.717, 1.165) is 6.16 Å². The average Bonchev–Trinajstić information content (AvgIpc) is 2.94. The second kappa shape index (κ2) is 16.1. The number of alkyl halides is 1. The summed E-state index contributed by atoms with van der Waals surface area (Å²) in [6.07, 6.45) is 21.0. The van der Waals surface area contributed by atoms with Gasteiger partial charge in [-0.05, 0) is 10.8 Å². The topological polar surface area (TPSA) is 0 Å². The van der Waals surface area contributed by atoms with Crippen LogP contribution in [0.3, 0.4) is 0 Å². The standard InChI is InChI=1S/C33H43BrIP/c34-36(31-23-15-12-16-24-31,32-25-17-13-18-26-32,33-27-19-14-20-28-33)30-22-11-9-7-5-3-1-2-4-6-8-10-21-29-35/h11-20,22-28H,1-10,21,29-30H2. The first-order valence-electron chi connectivity index (χ1n) is 13.8. The normalized spacial score (nSPS) is 13.0. The Morgan fingerprint density at radius 1 is 0.500 bits per heavy atom. The van der Waals surface area contributed by atoms with Crippen LogP contribution in [0, 0.1) is 0 Å². The molecule has 3 aromatic carbocycles. The first-order chi connectivity index (χ1) is 17.7. The van der Waals surface area contributed by atoms with Crippen LogP contribution in [0.15, 0.2) is 103 Å². The Kier molecular flexibility index (Phi) is 13.2. The number of allylic oxidation sites excluding steroid dienone is 2. The van der Waals surface area contributed by atoms with Gasteiger partial charge < -0.3 is 0 Å². The summed E-state index contributed by atoms with van der Waals surface area (Å²) in [5, 5.41) is 1.35. The maximum absolute atomic E-state index is 4.53. The van der Waals surface area contributed by atoms with Gasteiger partial charge in [-0.3, -0.25) is 0 Å². The van der Waals surface area contributed by atoms with Crippen molar-refractivity contribution in [3.8, 4) is 0 Å². The van der Waals surface area contributed by atoms with Gasteiger partial charge in [-0.15, -0.1) is 0 Å². The van der Waals surface area contributed by atoms with Gasteiger partial charge in [-0.1, -0.05) is 29.0 Å². The van der Waals surface area contributed by atoms with Crippen LogP contribution < -0.4 is 15.9 Å². The van der Waals surface area contributed by atoms with Crippen molar-refractivity contribution >= 4 is 59.3 Å². The molecule has 0 fully saturated rings. The van der Waals surface area contributed by atoms with E-state index in [0.29, 0.717) is 0 Å². The predicted octanol–water partition coefficient (Wildman–Crippen LogP) is 10.1. The molecule has 0 unspecified atom stereocenters. The number of rotatable bonds is 17. The molecule has 0 atom stereocenters. The van der Waals surface area contributed by atoms with Crippen LogP contribution in [0.25, 0.3) is 0 Å². The van der Waals surface area contributed by atoms with Crippen LogP contribution in [0.4, 0.5) is 0 Å². The molecule has 0 saturated carbocycles. The molecule has 3 rings (SSSR count). The molecule has 3 heteroatoms. The van der Waals surface area contributed by atoms with E-state index in [-0.39, 0.29) is 0 Å².